The van der Waals surface area contributed by atoms with Crippen molar-refractivity contribution < 1.29 is 29.2 Å². The van der Waals surface area contributed by atoms with Crippen molar-refractivity contribution in [3.05, 3.63) is 118 Å². The first-order chi connectivity index (χ1) is 20.1. The van der Waals surface area contributed by atoms with E-state index in [9.17, 15) is 0 Å². The molecule has 1 aliphatic rings. The van der Waals surface area contributed by atoms with Crippen molar-refractivity contribution in [1.29, 1.82) is 0 Å². The maximum absolute atomic E-state index is 8.93. The predicted octanol–water partition coefficient (Wildman–Crippen LogP) is 5.44. The second kappa shape index (κ2) is 13.3. The maximum atomic E-state index is 8.93. The average Bonchev–Trinajstić information content (AvgIpc) is 3.29. The lowest BCUT2D eigenvalue weighted by Gasteiger charge is -2.34. The molecule has 214 valence electrons. The molecule has 0 spiro atoms. The summed E-state index contributed by atoms with van der Waals surface area (Å²) >= 11 is 0. The van der Waals surface area contributed by atoms with E-state index < -0.39 is 5.41 Å². The zero-order chi connectivity index (χ0) is 28.7. The highest BCUT2D eigenvalue weighted by Crippen LogP contribution is 2.56. The number of aliphatic hydroxyl groups excluding tert-OH is 2. The Kier molecular flexibility index (Phi) is 9.37. The number of aryl methyl sites for hydroxylation is 2. The monoisotopic (exact) mass is 554 g/mol. The summed E-state index contributed by atoms with van der Waals surface area (Å²) in [6.07, 6.45) is 0. The summed E-state index contributed by atoms with van der Waals surface area (Å²) in [4.78, 5) is 0. The van der Waals surface area contributed by atoms with Crippen LogP contribution >= 0.6 is 0 Å². The summed E-state index contributed by atoms with van der Waals surface area (Å²) in [5.74, 6) is 1.64. The standard InChI is InChI=1S/C35H38O6/c1-25-23-27(11-13-33(25)40-21-19-38-17-15-36)35(28-12-14-34(26(2)24-28)41-22-20-39-18-16-37)31-9-5-3-7-29(31)30-8-4-6-10-32(30)35/h3-14,23-24,36-37H,15-22H2,1-2H3. The number of fused-ring (bicyclic) bond motifs is 3. The molecule has 0 fully saturated rings. The molecule has 0 saturated carbocycles. The number of benzene rings is 4. The van der Waals surface area contributed by atoms with E-state index >= 15 is 0 Å². The van der Waals surface area contributed by atoms with Crippen LogP contribution in [0.2, 0.25) is 0 Å². The van der Waals surface area contributed by atoms with E-state index in [-0.39, 0.29) is 13.2 Å². The van der Waals surface area contributed by atoms with Crippen LogP contribution in [0.3, 0.4) is 0 Å². The fourth-order valence-electron chi connectivity index (χ4n) is 5.87. The minimum atomic E-state index is -0.520. The molecule has 0 aliphatic heterocycles. The molecule has 2 N–H and O–H groups in total. The number of aliphatic hydroxyl groups is 2. The van der Waals surface area contributed by atoms with E-state index in [1.165, 1.54) is 33.4 Å². The van der Waals surface area contributed by atoms with Crippen LogP contribution in [0.1, 0.15) is 33.4 Å². The predicted molar refractivity (Wildman–Crippen MR) is 160 cm³/mol. The van der Waals surface area contributed by atoms with Crippen molar-refractivity contribution in [1.82, 2.24) is 0 Å². The zero-order valence-electron chi connectivity index (χ0n) is 23.8. The number of rotatable bonds is 14. The molecule has 0 radical (unpaired) electrons. The summed E-state index contributed by atoms with van der Waals surface area (Å²) in [5, 5.41) is 17.9. The van der Waals surface area contributed by atoms with Crippen molar-refractivity contribution in [3.8, 4) is 22.6 Å². The van der Waals surface area contributed by atoms with Gasteiger partial charge in [-0.15, -0.1) is 0 Å². The number of hydrogen-bond donors (Lipinski definition) is 2. The SMILES string of the molecule is Cc1cc(C2(c3ccc(OCCOCCO)c(C)c3)c3ccccc3-c3ccccc32)ccc1OCCOCCO. The van der Waals surface area contributed by atoms with Gasteiger partial charge in [0.05, 0.1) is 45.1 Å². The highest BCUT2D eigenvalue weighted by molar-refractivity contribution is 5.86. The van der Waals surface area contributed by atoms with Crippen LogP contribution in [0, 0.1) is 13.8 Å². The first-order valence-corrected chi connectivity index (χ1v) is 14.2. The van der Waals surface area contributed by atoms with Crippen LogP contribution in [-0.4, -0.2) is 63.1 Å². The molecule has 5 rings (SSSR count). The van der Waals surface area contributed by atoms with Crippen LogP contribution in [0.4, 0.5) is 0 Å². The third-order valence-corrected chi connectivity index (χ3v) is 7.61. The second-order valence-corrected chi connectivity index (χ2v) is 10.2. The molecule has 1 aliphatic carbocycles. The lowest BCUT2D eigenvalue weighted by Crippen LogP contribution is -2.29. The Labute approximate surface area is 242 Å². The van der Waals surface area contributed by atoms with Gasteiger partial charge in [0.15, 0.2) is 0 Å². The highest BCUT2D eigenvalue weighted by atomic mass is 16.5. The van der Waals surface area contributed by atoms with E-state index in [0.29, 0.717) is 39.6 Å². The fraction of sp³-hybridized carbons (Fsp3) is 0.314. The Morgan fingerprint density at radius 2 is 0.976 bits per heavy atom. The lowest BCUT2D eigenvalue weighted by molar-refractivity contribution is 0.0703. The number of hydrogen-bond acceptors (Lipinski definition) is 6. The van der Waals surface area contributed by atoms with E-state index in [1.54, 1.807) is 0 Å². The Hall–Kier alpha value is -3.68. The van der Waals surface area contributed by atoms with Crippen molar-refractivity contribution in [2.45, 2.75) is 19.3 Å². The van der Waals surface area contributed by atoms with Gasteiger partial charge in [-0.1, -0.05) is 72.8 Å². The average molecular weight is 555 g/mol. The Morgan fingerprint density at radius 3 is 1.39 bits per heavy atom. The van der Waals surface area contributed by atoms with E-state index in [4.69, 9.17) is 29.2 Å². The van der Waals surface area contributed by atoms with Gasteiger partial charge >= 0.3 is 0 Å². The summed E-state index contributed by atoms with van der Waals surface area (Å²) in [6.45, 7) is 6.47. The summed E-state index contributed by atoms with van der Waals surface area (Å²) < 4.78 is 22.8. The molecular weight excluding hydrogens is 516 g/mol. The summed E-state index contributed by atoms with van der Waals surface area (Å²) in [6, 6.07) is 30.3. The summed E-state index contributed by atoms with van der Waals surface area (Å²) in [7, 11) is 0. The Morgan fingerprint density at radius 1 is 0.537 bits per heavy atom. The van der Waals surface area contributed by atoms with Gasteiger partial charge in [0, 0.05) is 0 Å². The van der Waals surface area contributed by atoms with E-state index in [2.05, 4.69) is 98.8 Å². The van der Waals surface area contributed by atoms with Crippen LogP contribution in [0.25, 0.3) is 11.1 Å². The van der Waals surface area contributed by atoms with Crippen LogP contribution in [0.15, 0.2) is 84.9 Å². The lowest BCUT2D eigenvalue weighted by atomic mass is 9.67. The molecule has 6 heteroatoms. The molecule has 0 saturated heterocycles. The first-order valence-electron chi connectivity index (χ1n) is 14.2. The Bertz CT molecular complexity index is 1350. The maximum Gasteiger partial charge on any atom is 0.122 e. The third-order valence-electron chi connectivity index (χ3n) is 7.61. The molecule has 0 atom stereocenters. The first kappa shape index (κ1) is 28.8. The molecule has 41 heavy (non-hydrogen) atoms. The largest absolute Gasteiger partial charge is 0.491 e. The fourth-order valence-corrected chi connectivity index (χ4v) is 5.87. The minimum Gasteiger partial charge on any atom is -0.491 e. The van der Waals surface area contributed by atoms with Crippen LogP contribution in [0.5, 0.6) is 11.5 Å². The molecule has 6 nitrogen and oxygen atoms in total. The quantitative estimate of drug-likeness (QED) is 0.178. The van der Waals surface area contributed by atoms with Gasteiger partial charge in [0.25, 0.3) is 0 Å². The smallest absolute Gasteiger partial charge is 0.122 e. The molecular formula is C35H38O6. The van der Waals surface area contributed by atoms with Gasteiger partial charge in [-0.2, -0.15) is 0 Å². The van der Waals surface area contributed by atoms with Crippen LogP contribution in [-0.2, 0) is 14.9 Å². The van der Waals surface area contributed by atoms with Crippen molar-refractivity contribution in [3.63, 3.8) is 0 Å². The van der Waals surface area contributed by atoms with Gasteiger partial charge in [0.2, 0.25) is 0 Å². The molecule has 0 aromatic heterocycles. The van der Waals surface area contributed by atoms with Crippen molar-refractivity contribution in [2.75, 3.05) is 52.9 Å². The highest BCUT2D eigenvalue weighted by Gasteiger charge is 2.46. The summed E-state index contributed by atoms with van der Waals surface area (Å²) in [5.41, 5.74) is 8.88. The molecule has 0 heterocycles. The van der Waals surface area contributed by atoms with Gasteiger partial charge < -0.3 is 29.2 Å². The van der Waals surface area contributed by atoms with Gasteiger partial charge in [-0.25, -0.2) is 0 Å². The normalized spacial score (nSPS) is 13.1. The van der Waals surface area contributed by atoms with E-state index in [1.807, 2.05) is 0 Å². The number of ether oxygens (including phenoxy) is 4. The van der Waals surface area contributed by atoms with Crippen molar-refractivity contribution >= 4 is 0 Å². The Balaban J connectivity index is 1.57. The third kappa shape index (κ3) is 5.74. The molecule has 0 bridgehead atoms. The van der Waals surface area contributed by atoms with Crippen molar-refractivity contribution in [2.24, 2.45) is 0 Å². The molecule has 0 unspecified atom stereocenters. The molecule has 0 amide bonds. The second-order valence-electron chi connectivity index (χ2n) is 10.2. The van der Waals surface area contributed by atoms with Gasteiger partial charge in [-0.3, -0.25) is 0 Å². The van der Waals surface area contributed by atoms with E-state index in [0.717, 1.165) is 22.6 Å². The van der Waals surface area contributed by atoms with Crippen LogP contribution < -0.4 is 9.47 Å². The topological polar surface area (TPSA) is 77.4 Å². The zero-order valence-corrected chi connectivity index (χ0v) is 23.8. The molecule has 4 aromatic carbocycles. The van der Waals surface area contributed by atoms with Gasteiger partial charge in [0.1, 0.15) is 24.7 Å². The van der Waals surface area contributed by atoms with Gasteiger partial charge in [-0.05, 0) is 70.5 Å². The minimum absolute atomic E-state index is 0.00434. The molecule has 4 aromatic rings.